The monoisotopic (exact) mass is 320 g/mol. The molecule has 0 aromatic heterocycles. The van der Waals surface area contributed by atoms with Gasteiger partial charge < -0.3 is 19.5 Å². The fourth-order valence-corrected chi connectivity index (χ4v) is 1.95. The molecular formula is C16H20N2O5. The number of carbonyl (C=O) groups is 2. The maximum absolute atomic E-state index is 12.2. The van der Waals surface area contributed by atoms with Crippen LogP contribution < -0.4 is 9.47 Å². The average molecular weight is 320 g/mol. The fraction of sp³-hybridized carbons (Fsp3) is 0.438. The Hall–Kier alpha value is -2.75. The smallest absolute Gasteiger partial charge is 0.323 e. The average Bonchev–Trinajstić information content (AvgIpc) is 2.50. The van der Waals surface area contributed by atoms with Gasteiger partial charge in [0.1, 0.15) is 6.54 Å². The second kappa shape index (κ2) is 8.63. The lowest BCUT2D eigenvalue weighted by atomic mass is 10.2. The minimum absolute atomic E-state index is 0.141. The van der Waals surface area contributed by atoms with Gasteiger partial charge in [0.15, 0.2) is 18.1 Å². The number of carboxylic acid groups (broad SMARTS) is 1. The zero-order chi connectivity index (χ0) is 17.4. The Morgan fingerprint density at radius 2 is 2.04 bits per heavy atom. The highest BCUT2D eigenvalue weighted by Gasteiger charge is 2.19. The van der Waals surface area contributed by atoms with E-state index in [2.05, 4.69) is 0 Å². The lowest BCUT2D eigenvalue weighted by molar-refractivity contribution is -0.145. The van der Waals surface area contributed by atoms with Crippen molar-refractivity contribution in [2.75, 3.05) is 26.8 Å². The summed E-state index contributed by atoms with van der Waals surface area (Å²) in [5.74, 6) is -0.699. The van der Waals surface area contributed by atoms with Gasteiger partial charge in [0.2, 0.25) is 0 Å². The molecule has 0 aliphatic heterocycles. The lowest BCUT2D eigenvalue weighted by Gasteiger charge is -2.23. The number of carboxylic acids is 1. The Balaban J connectivity index is 2.77. The third kappa shape index (κ3) is 5.87. The Morgan fingerprint density at radius 1 is 1.35 bits per heavy atom. The van der Waals surface area contributed by atoms with Crippen LogP contribution in [0.15, 0.2) is 18.2 Å². The Bertz CT molecular complexity index is 607. The maximum atomic E-state index is 12.2. The quantitative estimate of drug-likeness (QED) is 0.779. The minimum Gasteiger partial charge on any atom is -0.493 e. The van der Waals surface area contributed by atoms with Gasteiger partial charge in [0.25, 0.3) is 5.91 Å². The number of nitriles is 1. The summed E-state index contributed by atoms with van der Waals surface area (Å²) in [4.78, 5) is 24.2. The van der Waals surface area contributed by atoms with Gasteiger partial charge in [-0.2, -0.15) is 5.26 Å². The Labute approximate surface area is 135 Å². The van der Waals surface area contributed by atoms with Crippen molar-refractivity contribution in [3.8, 4) is 17.6 Å². The summed E-state index contributed by atoms with van der Waals surface area (Å²) in [6, 6.07) is 6.57. The van der Waals surface area contributed by atoms with Crippen LogP contribution in [-0.2, 0) is 9.59 Å². The van der Waals surface area contributed by atoms with E-state index in [0.717, 1.165) is 0 Å². The molecular weight excluding hydrogens is 300 g/mol. The maximum Gasteiger partial charge on any atom is 0.323 e. The summed E-state index contributed by atoms with van der Waals surface area (Å²) >= 11 is 0. The molecule has 1 aromatic carbocycles. The summed E-state index contributed by atoms with van der Waals surface area (Å²) in [6.45, 7) is 3.45. The van der Waals surface area contributed by atoms with Crippen molar-refractivity contribution in [2.45, 2.75) is 13.8 Å². The number of methoxy groups -OCH3 is 1. The third-order valence-corrected chi connectivity index (χ3v) is 2.91. The second-order valence-electron chi connectivity index (χ2n) is 5.33. The zero-order valence-electron chi connectivity index (χ0n) is 13.4. The van der Waals surface area contributed by atoms with E-state index in [0.29, 0.717) is 23.6 Å². The van der Waals surface area contributed by atoms with E-state index >= 15 is 0 Å². The van der Waals surface area contributed by atoms with E-state index in [9.17, 15) is 9.59 Å². The number of ether oxygens (including phenoxy) is 2. The van der Waals surface area contributed by atoms with Crippen LogP contribution in [0, 0.1) is 17.2 Å². The first-order valence-electron chi connectivity index (χ1n) is 7.07. The van der Waals surface area contributed by atoms with E-state index < -0.39 is 11.9 Å². The molecule has 1 N–H and O–H groups in total. The van der Waals surface area contributed by atoms with Crippen LogP contribution in [0.4, 0.5) is 0 Å². The molecule has 0 bridgehead atoms. The van der Waals surface area contributed by atoms with Gasteiger partial charge in [-0.3, -0.25) is 9.59 Å². The highest BCUT2D eigenvalue weighted by molar-refractivity contribution is 5.82. The van der Waals surface area contributed by atoms with Crippen molar-refractivity contribution in [1.82, 2.24) is 4.90 Å². The molecule has 0 heterocycles. The van der Waals surface area contributed by atoms with Crippen molar-refractivity contribution >= 4 is 11.9 Å². The van der Waals surface area contributed by atoms with Crippen LogP contribution in [0.2, 0.25) is 0 Å². The second-order valence-corrected chi connectivity index (χ2v) is 5.33. The van der Waals surface area contributed by atoms with Gasteiger partial charge in [0.05, 0.1) is 18.7 Å². The number of benzene rings is 1. The molecule has 0 saturated carbocycles. The molecule has 0 aliphatic carbocycles. The summed E-state index contributed by atoms with van der Waals surface area (Å²) in [5, 5.41) is 17.7. The van der Waals surface area contributed by atoms with Crippen molar-refractivity contribution < 1.29 is 24.2 Å². The van der Waals surface area contributed by atoms with Crippen molar-refractivity contribution in [3.63, 3.8) is 0 Å². The van der Waals surface area contributed by atoms with E-state index in [1.54, 1.807) is 6.07 Å². The van der Waals surface area contributed by atoms with Crippen LogP contribution >= 0.6 is 0 Å². The number of rotatable bonds is 8. The number of aliphatic carboxylic acids is 1. The van der Waals surface area contributed by atoms with E-state index in [4.69, 9.17) is 19.8 Å². The normalized spacial score (nSPS) is 10.0. The van der Waals surface area contributed by atoms with Gasteiger partial charge in [0, 0.05) is 12.6 Å². The predicted molar refractivity (Wildman–Crippen MR) is 82.3 cm³/mol. The summed E-state index contributed by atoms with van der Waals surface area (Å²) in [7, 11) is 1.43. The molecule has 0 fully saturated rings. The van der Waals surface area contributed by atoms with Gasteiger partial charge in [-0.15, -0.1) is 0 Å². The van der Waals surface area contributed by atoms with Crippen LogP contribution in [0.5, 0.6) is 11.5 Å². The number of amides is 1. The van der Waals surface area contributed by atoms with Crippen LogP contribution in [0.25, 0.3) is 0 Å². The van der Waals surface area contributed by atoms with E-state index in [1.807, 2.05) is 19.9 Å². The molecule has 23 heavy (non-hydrogen) atoms. The molecule has 0 aliphatic rings. The summed E-state index contributed by atoms with van der Waals surface area (Å²) < 4.78 is 10.5. The highest BCUT2D eigenvalue weighted by atomic mass is 16.5. The van der Waals surface area contributed by atoms with Crippen LogP contribution in [-0.4, -0.2) is 48.7 Å². The minimum atomic E-state index is -1.07. The molecule has 0 radical (unpaired) electrons. The molecule has 0 unspecified atom stereocenters. The first-order chi connectivity index (χ1) is 10.9. The Kier molecular flexibility index (Phi) is 6.87. The molecule has 1 aromatic rings. The first-order valence-corrected chi connectivity index (χ1v) is 7.07. The fourth-order valence-electron chi connectivity index (χ4n) is 1.95. The Morgan fingerprint density at radius 3 is 2.57 bits per heavy atom. The summed E-state index contributed by atoms with van der Waals surface area (Å²) in [5.41, 5.74) is 0.410. The molecule has 1 amide bonds. The molecule has 1 rings (SSSR count). The van der Waals surface area contributed by atoms with Crippen molar-refractivity contribution in [3.05, 3.63) is 23.8 Å². The highest BCUT2D eigenvalue weighted by Crippen LogP contribution is 2.27. The molecule has 0 saturated heterocycles. The van der Waals surface area contributed by atoms with E-state index in [-0.39, 0.29) is 19.1 Å². The molecule has 7 heteroatoms. The van der Waals surface area contributed by atoms with E-state index in [1.165, 1.54) is 24.1 Å². The van der Waals surface area contributed by atoms with Gasteiger partial charge in [-0.1, -0.05) is 13.8 Å². The van der Waals surface area contributed by atoms with Gasteiger partial charge in [-0.05, 0) is 18.1 Å². The van der Waals surface area contributed by atoms with Gasteiger partial charge >= 0.3 is 5.97 Å². The van der Waals surface area contributed by atoms with Crippen molar-refractivity contribution in [1.29, 1.82) is 5.26 Å². The van der Waals surface area contributed by atoms with Crippen molar-refractivity contribution in [2.24, 2.45) is 5.92 Å². The standard InChI is InChI=1S/C16H20N2O5/c1-11(2)8-18(9-16(20)21)15(19)10-23-13-5-4-12(7-17)6-14(13)22-3/h4-6,11H,8-10H2,1-3H3,(H,20,21). The molecule has 124 valence electrons. The number of carbonyl (C=O) groups excluding carboxylic acids is 1. The predicted octanol–water partition coefficient (Wildman–Crippen LogP) is 1.51. The topological polar surface area (TPSA) is 99.9 Å². The molecule has 7 nitrogen and oxygen atoms in total. The number of hydrogen-bond acceptors (Lipinski definition) is 5. The summed E-state index contributed by atoms with van der Waals surface area (Å²) in [6.07, 6.45) is 0. The largest absolute Gasteiger partial charge is 0.493 e. The number of nitrogens with zero attached hydrogens (tertiary/aromatic N) is 2. The first kappa shape index (κ1) is 18.3. The van der Waals surface area contributed by atoms with Crippen LogP contribution in [0.3, 0.4) is 0 Å². The van der Waals surface area contributed by atoms with Gasteiger partial charge in [-0.25, -0.2) is 0 Å². The third-order valence-electron chi connectivity index (χ3n) is 2.91. The zero-order valence-corrected chi connectivity index (χ0v) is 13.4. The molecule has 0 atom stereocenters. The lowest BCUT2D eigenvalue weighted by Crippen LogP contribution is -2.40. The van der Waals surface area contributed by atoms with Crippen LogP contribution in [0.1, 0.15) is 19.4 Å². The molecule has 0 spiro atoms. The SMILES string of the molecule is COc1cc(C#N)ccc1OCC(=O)N(CC(=O)O)CC(C)C. The number of hydrogen-bond donors (Lipinski definition) is 1.